The van der Waals surface area contributed by atoms with Crippen molar-refractivity contribution in [2.24, 2.45) is 0 Å². The fourth-order valence-corrected chi connectivity index (χ4v) is 6.89. The van der Waals surface area contributed by atoms with Crippen LogP contribution in [0.5, 0.6) is 11.5 Å². The first-order chi connectivity index (χ1) is 15.3. The Kier molecular flexibility index (Phi) is 6.44. The molecule has 0 unspecified atom stereocenters. The third-order valence-corrected chi connectivity index (χ3v) is 9.38. The molecule has 6 nitrogen and oxygen atoms in total. The first-order valence-electron chi connectivity index (χ1n) is 10.6. The predicted molar refractivity (Wildman–Crippen MR) is 129 cm³/mol. The third-order valence-electron chi connectivity index (χ3n) is 6.20. The number of hydrogen-bond donors (Lipinski definition) is 0. The molecule has 1 aliphatic rings. The Morgan fingerprint density at radius 3 is 2.50 bits per heavy atom. The summed E-state index contributed by atoms with van der Waals surface area (Å²) in [5.74, 6) is 0.856. The highest BCUT2D eigenvalue weighted by Crippen LogP contribution is 2.36. The number of nitrogens with zero attached hydrogens (tertiary/aromatic N) is 2. The SMILES string of the molecule is COc1ccc(OC)c(S(=O)(=O)C2CCN(c3nc(-c4cccc(C)c4C)cs3)CC2)c1. The van der Waals surface area contributed by atoms with E-state index in [4.69, 9.17) is 14.5 Å². The molecule has 32 heavy (non-hydrogen) atoms. The van der Waals surface area contributed by atoms with E-state index in [2.05, 4.69) is 42.3 Å². The molecular weight excluding hydrogens is 444 g/mol. The fraction of sp³-hybridized carbons (Fsp3) is 0.375. The number of piperidine rings is 1. The highest BCUT2D eigenvalue weighted by atomic mass is 32.2. The van der Waals surface area contributed by atoms with Gasteiger partial charge >= 0.3 is 0 Å². The summed E-state index contributed by atoms with van der Waals surface area (Å²) in [5, 5.41) is 2.56. The number of benzene rings is 2. The van der Waals surface area contributed by atoms with E-state index in [9.17, 15) is 8.42 Å². The van der Waals surface area contributed by atoms with Gasteiger partial charge in [0.25, 0.3) is 0 Å². The average Bonchev–Trinajstić information content (AvgIpc) is 3.30. The Labute approximate surface area is 193 Å². The van der Waals surface area contributed by atoms with Crippen molar-refractivity contribution in [2.45, 2.75) is 36.8 Å². The maximum absolute atomic E-state index is 13.4. The Balaban J connectivity index is 1.50. The van der Waals surface area contributed by atoms with E-state index in [1.54, 1.807) is 29.5 Å². The number of rotatable bonds is 6. The lowest BCUT2D eigenvalue weighted by Gasteiger charge is -2.31. The van der Waals surface area contributed by atoms with Crippen molar-refractivity contribution in [2.75, 3.05) is 32.2 Å². The summed E-state index contributed by atoms with van der Waals surface area (Å²) in [6.07, 6.45) is 1.09. The van der Waals surface area contributed by atoms with Crippen LogP contribution in [0, 0.1) is 13.8 Å². The molecule has 1 saturated heterocycles. The number of hydrogen-bond acceptors (Lipinski definition) is 7. The third kappa shape index (κ3) is 4.21. The molecule has 0 atom stereocenters. The van der Waals surface area contributed by atoms with Gasteiger partial charge in [0.05, 0.1) is 25.2 Å². The molecule has 2 aromatic carbocycles. The minimum Gasteiger partial charge on any atom is -0.497 e. The van der Waals surface area contributed by atoms with Gasteiger partial charge in [-0.2, -0.15) is 0 Å². The van der Waals surface area contributed by atoms with Gasteiger partial charge in [-0.3, -0.25) is 0 Å². The molecule has 170 valence electrons. The molecule has 0 aliphatic carbocycles. The summed E-state index contributed by atoms with van der Waals surface area (Å²) in [6, 6.07) is 11.2. The summed E-state index contributed by atoms with van der Waals surface area (Å²) in [5.41, 5.74) is 4.61. The molecule has 0 N–H and O–H groups in total. The van der Waals surface area contributed by atoms with Gasteiger partial charge in [0.15, 0.2) is 15.0 Å². The second-order valence-electron chi connectivity index (χ2n) is 8.01. The van der Waals surface area contributed by atoms with Gasteiger partial charge in [-0.15, -0.1) is 11.3 Å². The van der Waals surface area contributed by atoms with Crippen LogP contribution in [0.15, 0.2) is 46.7 Å². The number of sulfone groups is 1. The lowest BCUT2D eigenvalue weighted by Crippen LogP contribution is -2.39. The second-order valence-corrected chi connectivity index (χ2v) is 11.0. The van der Waals surface area contributed by atoms with Gasteiger partial charge in [-0.25, -0.2) is 13.4 Å². The van der Waals surface area contributed by atoms with E-state index in [-0.39, 0.29) is 4.90 Å². The van der Waals surface area contributed by atoms with Gasteiger partial charge in [0.2, 0.25) is 0 Å². The number of methoxy groups -OCH3 is 2. The molecule has 0 saturated carbocycles. The minimum absolute atomic E-state index is 0.198. The van der Waals surface area contributed by atoms with Crippen LogP contribution in [0.4, 0.5) is 5.13 Å². The van der Waals surface area contributed by atoms with E-state index < -0.39 is 15.1 Å². The highest BCUT2D eigenvalue weighted by Gasteiger charge is 2.34. The van der Waals surface area contributed by atoms with Gasteiger partial charge in [0, 0.05) is 30.1 Å². The zero-order valence-electron chi connectivity index (χ0n) is 18.8. The summed E-state index contributed by atoms with van der Waals surface area (Å²) in [7, 11) is -0.529. The molecule has 2 heterocycles. The number of aryl methyl sites for hydroxylation is 1. The number of ether oxygens (including phenoxy) is 2. The van der Waals surface area contributed by atoms with Crippen LogP contribution in [-0.4, -0.2) is 46.0 Å². The molecule has 4 rings (SSSR count). The zero-order chi connectivity index (χ0) is 22.9. The molecule has 1 aliphatic heterocycles. The Morgan fingerprint density at radius 1 is 1.06 bits per heavy atom. The van der Waals surface area contributed by atoms with Gasteiger partial charge in [0.1, 0.15) is 16.4 Å². The topological polar surface area (TPSA) is 68.7 Å². The number of thiazole rings is 1. The predicted octanol–water partition coefficient (Wildman–Crippen LogP) is 4.89. The van der Waals surface area contributed by atoms with Crippen LogP contribution in [0.2, 0.25) is 0 Å². The van der Waals surface area contributed by atoms with Crippen molar-refractivity contribution >= 4 is 26.3 Å². The normalized spacial score (nSPS) is 15.1. The van der Waals surface area contributed by atoms with Crippen molar-refractivity contribution in [3.05, 3.63) is 52.9 Å². The van der Waals surface area contributed by atoms with E-state index in [0.29, 0.717) is 37.4 Å². The molecule has 1 fully saturated rings. The van der Waals surface area contributed by atoms with Crippen LogP contribution in [0.1, 0.15) is 24.0 Å². The van der Waals surface area contributed by atoms with Crippen LogP contribution in [-0.2, 0) is 9.84 Å². The van der Waals surface area contributed by atoms with Crippen LogP contribution in [0.25, 0.3) is 11.3 Å². The maximum atomic E-state index is 13.4. The molecule has 0 bridgehead atoms. The molecule has 0 amide bonds. The second kappa shape index (κ2) is 9.11. The highest BCUT2D eigenvalue weighted by molar-refractivity contribution is 7.92. The lowest BCUT2D eigenvalue weighted by atomic mass is 10.0. The van der Waals surface area contributed by atoms with Crippen molar-refractivity contribution in [1.29, 1.82) is 0 Å². The summed E-state index contributed by atoms with van der Waals surface area (Å²) in [4.78, 5) is 7.25. The lowest BCUT2D eigenvalue weighted by molar-refractivity contribution is 0.391. The monoisotopic (exact) mass is 472 g/mol. The van der Waals surface area contributed by atoms with Crippen LogP contribution >= 0.6 is 11.3 Å². The number of anilines is 1. The first kappa shape index (κ1) is 22.6. The average molecular weight is 473 g/mol. The van der Waals surface area contributed by atoms with E-state index in [1.807, 2.05) is 0 Å². The van der Waals surface area contributed by atoms with Crippen LogP contribution < -0.4 is 14.4 Å². The first-order valence-corrected chi connectivity index (χ1v) is 13.0. The Hall–Kier alpha value is -2.58. The molecule has 3 aromatic rings. The number of aromatic nitrogens is 1. The Bertz CT molecular complexity index is 1210. The van der Waals surface area contributed by atoms with Crippen molar-refractivity contribution in [3.8, 4) is 22.8 Å². The van der Waals surface area contributed by atoms with Crippen molar-refractivity contribution in [1.82, 2.24) is 4.98 Å². The zero-order valence-corrected chi connectivity index (χ0v) is 20.4. The van der Waals surface area contributed by atoms with Gasteiger partial charge < -0.3 is 14.4 Å². The summed E-state index contributed by atoms with van der Waals surface area (Å²) >= 11 is 1.61. The van der Waals surface area contributed by atoms with Gasteiger partial charge in [-0.1, -0.05) is 18.2 Å². The Morgan fingerprint density at radius 2 is 1.81 bits per heavy atom. The smallest absolute Gasteiger partial charge is 0.185 e. The molecule has 1 aromatic heterocycles. The summed E-state index contributed by atoms with van der Waals surface area (Å²) < 4.78 is 37.3. The van der Waals surface area contributed by atoms with E-state index in [0.717, 1.165) is 16.4 Å². The fourth-order valence-electron chi connectivity index (χ4n) is 4.11. The van der Waals surface area contributed by atoms with Gasteiger partial charge in [-0.05, 0) is 49.9 Å². The molecule has 8 heteroatoms. The maximum Gasteiger partial charge on any atom is 0.185 e. The molecule has 0 radical (unpaired) electrons. The van der Waals surface area contributed by atoms with Crippen molar-refractivity contribution < 1.29 is 17.9 Å². The van der Waals surface area contributed by atoms with Crippen LogP contribution in [0.3, 0.4) is 0 Å². The molecular formula is C24H28N2O4S2. The molecule has 0 spiro atoms. The standard InChI is InChI=1S/C24H28N2O4S2/c1-16-6-5-7-20(17(16)2)21-15-31-24(25-21)26-12-10-19(11-13-26)32(27,28)23-14-18(29-3)8-9-22(23)30-4/h5-9,14-15,19H,10-13H2,1-4H3. The minimum atomic E-state index is -3.54. The van der Waals surface area contributed by atoms with Crippen molar-refractivity contribution in [3.63, 3.8) is 0 Å². The quantitative estimate of drug-likeness (QED) is 0.509. The largest absolute Gasteiger partial charge is 0.497 e. The van der Waals surface area contributed by atoms with E-state index in [1.165, 1.54) is 25.3 Å². The van der Waals surface area contributed by atoms with E-state index >= 15 is 0 Å². The summed E-state index contributed by atoms with van der Waals surface area (Å²) in [6.45, 7) is 5.52.